The van der Waals surface area contributed by atoms with Crippen LogP contribution in [0.15, 0.2) is 33.1 Å². The fourth-order valence-corrected chi connectivity index (χ4v) is 3.11. The second kappa shape index (κ2) is 5.46. The molecular formula is C13H16BrN3OS. The molecule has 0 radical (unpaired) electrons. The quantitative estimate of drug-likeness (QED) is 0.930. The molecule has 2 rings (SSSR count). The predicted molar refractivity (Wildman–Crippen MR) is 82.8 cm³/mol. The lowest BCUT2D eigenvalue weighted by Crippen LogP contribution is -2.35. The van der Waals surface area contributed by atoms with Gasteiger partial charge in [0.05, 0.1) is 6.54 Å². The van der Waals surface area contributed by atoms with Crippen LogP contribution >= 0.6 is 27.3 Å². The summed E-state index contributed by atoms with van der Waals surface area (Å²) < 4.78 is 2.74. The minimum Gasteiger partial charge on any atom is -0.361 e. The van der Waals surface area contributed by atoms with Crippen LogP contribution in [-0.2, 0) is 12.1 Å². The molecule has 0 fully saturated rings. The van der Waals surface area contributed by atoms with E-state index in [2.05, 4.69) is 26.2 Å². The molecule has 0 aliphatic rings. The first kappa shape index (κ1) is 14.3. The van der Waals surface area contributed by atoms with Gasteiger partial charge in [-0.25, -0.2) is 4.98 Å². The van der Waals surface area contributed by atoms with Gasteiger partial charge in [0.1, 0.15) is 0 Å². The van der Waals surface area contributed by atoms with E-state index in [-0.39, 0.29) is 11.1 Å². The summed E-state index contributed by atoms with van der Waals surface area (Å²) in [7, 11) is 0. The molecule has 2 aromatic rings. The van der Waals surface area contributed by atoms with Gasteiger partial charge in [0.25, 0.3) is 5.56 Å². The van der Waals surface area contributed by atoms with Gasteiger partial charge in [-0.2, -0.15) is 0 Å². The van der Waals surface area contributed by atoms with Crippen molar-refractivity contribution >= 4 is 33.1 Å². The topological polar surface area (TPSA) is 46.9 Å². The highest BCUT2D eigenvalue weighted by atomic mass is 79.9. The molecule has 0 bridgehead atoms. The molecule has 0 saturated carbocycles. The van der Waals surface area contributed by atoms with Crippen LogP contribution in [0, 0.1) is 0 Å². The van der Waals surface area contributed by atoms with E-state index in [0.717, 1.165) is 9.35 Å². The summed E-state index contributed by atoms with van der Waals surface area (Å²) in [6.07, 6.45) is 3.37. The zero-order valence-corrected chi connectivity index (χ0v) is 13.5. The van der Waals surface area contributed by atoms with Crippen LogP contribution in [0.3, 0.4) is 0 Å². The standard InChI is InChI=1S/C13H16BrN3OS/c1-13(2,3)17-6-5-15-11(12(17)18)16-8-10-9(14)4-7-19-10/h4-7H,8H2,1-3H3,(H,15,16). The summed E-state index contributed by atoms with van der Waals surface area (Å²) in [5, 5.41) is 5.11. The lowest BCUT2D eigenvalue weighted by atomic mass is 10.1. The number of rotatable bonds is 3. The monoisotopic (exact) mass is 341 g/mol. The lowest BCUT2D eigenvalue weighted by Gasteiger charge is -2.22. The van der Waals surface area contributed by atoms with E-state index >= 15 is 0 Å². The Hall–Kier alpha value is -1.14. The first-order valence-electron chi connectivity index (χ1n) is 5.93. The van der Waals surface area contributed by atoms with Gasteiger partial charge < -0.3 is 9.88 Å². The molecule has 1 N–H and O–H groups in total. The summed E-state index contributed by atoms with van der Waals surface area (Å²) in [4.78, 5) is 17.6. The van der Waals surface area contributed by atoms with Crippen molar-refractivity contribution in [3.05, 3.63) is 43.5 Å². The Morgan fingerprint density at radius 3 is 2.79 bits per heavy atom. The molecule has 19 heavy (non-hydrogen) atoms. The number of nitrogens with zero attached hydrogens (tertiary/aromatic N) is 2. The maximum atomic E-state index is 12.3. The summed E-state index contributed by atoms with van der Waals surface area (Å²) in [6, 6.07) is 1.99. The molecule has 0 unspecified atom stereocenters. The Morgan fingerprint density at radius 1 is 1.47 bits per heavy atom. The highest BCUT2D eigenvalue weighted by molar-refractivity contribution is 9.10. The van der Waals surface area contributed by atoms with Gasteiger partial charge >= 0.3 is 0 Å². The van der Waals surface area contributed by atoms with Crippen molar-refractivity contribution in [2.24, 2.45) is 0 Å². The van der Waals surface area contributed by atoms with Gasteiger partial charge in [0.15, 0.2) is 5.82 Å². The smallest absolute Gasteiger partial charge is 0.293 e. The van der Waals surface area contributed by atoms with Crippen molar-refractivity contribution in [1.29, 1.82) is 0 Å². The third-order valence-electron chi connectivity index (χ3n) is 2.67. The van der Waals surface area contributed by atoms with Crippen LogP contribution in [-0.4, -0.2) is 9.55 Å². The molecule has 102 valence electrons. The highest BCUT2D eigenvalue weighted by Crippen LogP contribution is 2.23. The Bertz CT molecular complexity index is 627. The molecule has 0 aromatic carbocycles. The Balaban J connectivity index is 2.23. The number of nitrogens with one attached hydrogen (secondary N) is 1. The third-order valence-corrected chi connectivity index (χ3v) is 4.60. The van der Waals surface area contributed by atoms with Crippen molar-refractivity contribution in [2.45, 2.75) is 32.9 Å². The Kier molecular flexibility index (Phi) is 4.10. The summed E-state index contributed by atoms with van der Waals surface area (Å²) in [5.74, 6) is 0.387. The fourth-order valence-electron chi connectivity index (χ4n) is 1.68. The fraction of sp³-hybridized carbons (Fsp3) is 0.385. The first-order valence-corrected chi connectivity index (χ1v) is 7.61. The molecule has 0 atom stereocenters. The maximum Gasteiger partial charge on any atom is 0.293 e. The number of hydrogen-bond acceptors (Lipinski definition) is 4. The largest absolute Gasteiger partial charge is 0.361 e. The molecule has 0 saturated heterocycles. The summed E-state index contributed by atoms with van der Waals surface area (Å²) >= 11 is 5.11. The molecule has 6 heteroatoms. The number of halogens is 1. The zero-order valence-electron chi connectivity index (χ0n) is 11.1. The van der Waals surface area contributed by atoms with Crippen molar-refractivity contribution in [1.82, 2.24) is 9.55 Å². The van der Waals surface area contributed by atoms with Crippen LogP contribution in [0.1, 0.15) is 25.6 Å². The number of aromatic nitrogens is 2. The second-order valence-corrected chi connectivity index (χ2v) is 7.02. The molecule has 2 heterocycles. The Labute approximate surface area is 124 Å². The SMILES string of the molecule is CC(C)(C)n1ccnc(NCc2sccc2Br)c1=O. The number of hydrogen-bond donors (Lipinski definition) is 1. The van der Waals surface area contributed by atoms with Crippen LogP contribution in [0.5, 0.6) is 0 Å². The van der Waals surface area contributed by atoms with E-state index in [0.29, 0.717) is 12.4 Å². The normalized spacial score (nSPS) is 11.6. The van der Waals surface area contributed by atoms with Crippen LogP contribution in [0.25, 0.3) is 0 Å². The van der Waals surface area contributed by atoms with Crippen molar-refractivity contribution in [3.8, 4) is 0 Å². The number of anilines is 1. The average molecular weight is 342 g/mol. The van der Waals surface area contributed by atoms with Crippen molar-refractivity contribution in [3.63, 3.8) is 0 Å². The lowest BCUT2D eigenvalue weighted by molar-refractivity contribution is 0.383. The van der Waals surface area contributed by atoms with Gasteiger partial charge in [-0.1, -0.05) is 0 Å². The molecule has 2 aromatic heterocycles. The Morgan fingerprint density at radius 2 is 2.21 bits per heavy atom. The molecule has 0 aliphatic heterocycles. The van der Waals surface area contributed by atoms with E-state index in [1.807, 2.05) is 32.2 Å². The van der Waals surface area contributed by atoms with Gasteiger partial charge in [0.2, 0.25) is 0 Å². The molecule has 0 amide bonds. The molecule has 0 spiro atoms. The summed E-state index contributed by atoms with van der Waals surface area (Å²) in [5.41, 5.74) is -0.345. The van der Waals surface area contributed by atoms with Gasteiger partial charge in [0, 0.05) is 27.3 Å². The first-order chi connectivity index (χ1) is 8.89. The molecule has 0 aliphatic carbocycles. The van der Waals surface area contributed by atoms with Crippen molar-refractivity contribution < 1.29 is 0 Å². The van der Waals surface area contributed by atoms with Crippen LogP contribution in [0.2, 0.25) is 0 Å². The minimum absolute atomic E-state index is 0.0947. The summed E-state index contributed by atoms with van der Waals surface area (Å²) in [6.45, 7) is 6.57. The number of thiophene rings is 1. The van der Waals surface area contributed by atoms with Gasteiger partial charge in [-0.3, -0.25) is 4.79 Å². The highest BCUT2D eigenvalue weighted by Gasteiger charge is 2.16. The average Bonchev–Trinajstić information content (AvgIpc) is 2.72. The van der Waals surface area contributed by atoms with E-state index in [1.165, 1.54) is 0 Å². The van der Waals surface area contributed by atoms with E-state index in [9.17, 15) is 4.79 Å². The van der Waals surface area contributed by atoms with Crippen molar-refractivity contribution in [2.75, 3.05) is 5.32 Å². The third kappa shape index (κ3) is 3.25. The van der Waals surface area contributed by atoms with E-state index in [4.69, 9.17) is 0 Å². The minimum atomic E-state index is -0.250. The zero-order chi connectivity index (χ0) is 14.0. The van der Waals surface area contributed by atoms with E-state index in [1.54, 1.807) is 28.3 Å². The van der Waals surface area contributed by atoms with Crippen LogP contribution in [0.4, 0.5) is 5.82 Å². The van der Waals surface area contributed by atoms with Gasteiger partial charge in [-0.05, 0) is 48.1 Å². The maximum absolute atomic E-state index is 12.3. The molecular weight excluding hydrogens is 326 g/mol. The molecule has 4 nitrogen and oxygen atoms in total. The second-order valence-electron chi connectivity index (χ2n) is 5.17. The predicted octanol–water partition coefficient (Wildman–Crippen LogP) is 3.43. The van der Waals surface area contributed by atoms with Crippen LogP contribution < -0.4 is 10.9 Å². The van der Waals surface area contributed by atoms with Gasteiger partial charge in [-0.15, -0.1) is 11.3 Å². The van der Waals surface area contributed by atoms with E-state index < -0.39 is 0 Å².